The molecular formula is C10H11NO6. The summed E-state index contributed by atoms with van der Waals surface area (Å²) in [5.74, 6) is -2.24. The predicted molar refractivity (Wildman–Crippen MR) is 56.1 cm³/mol. The van der Waals surface area contributed by atoms with Gasteiger partial charge in [-0.2, -0.15) is 0 Å². The third kappa shape index (κ3) is 3.98. The van der Waals surface area contributed by atoms with E-state index in [0.717, 1.165) is 4.57 Å². The highest BCUT2D eigenvalue weighted by atomic mass is 16.5. The summed E-state index contributed by atoms with van der Waals surface area (Å²) in [5.41, 5.74) is -0.597. The van der Waals surface area contributed by atoms with Gasteiger partial charge in [0.2, 0.25) is 0 Å². The Labute approximate surface area is 95.9 Å². The molecule has 17 heavy (non-hydrogen) atoms. The first-order chi connectivity index (χ1) is 8.00. The average molecular weight is 241 g/mol. The summed E-state index contributed by atoms with van der Waals surface area (Å²) in [6.45, 7) is -0.601. The maximum Gasteiger partial charge on any atom is 0.323 e. The van der Waals surface area contributed by atoms with Crippen LogP contribution < -0.4 is 10.3 Å². The molecule has 7 heteroatoms. The molecule has 0 aromatic carbocycles. The Kier molecular flexibility index (Phi) is 4.27. The molecule has 0 amide bonds. The van der Waals surface area contributed by atoms with Gasteiger partial charge in [-0.3, -0.25) is 14.4 Å². The smallest absolute Gasteiger partial charge is 0.323 e. The molecule has 0 aliphatic heterocycles. The van der Waals surface area contributed by atoms with Crippen LogP contribution in [0.25, 0.3) is 0 Å². The van der Waals surface area contributed by atoms with Crippen LogP contribution in [-0.4, -0.2) is 33.3 Å². The van der Waals surface area contributed by atoms with Gasteiger partial charge in [-0.05, 0) is 12.1 Å². The number of carboxylic acid groups (broad SMARTS) is 2. The van der Waals surface area contributed by atoms with Crippen LogP contribution in [0.4, 0.5) is 0 Å². The summed E-state index contributed by atoms with van der Waals surface area (Å²) in [7, 11) is 0. The predicted octanol–water partition coefficient (Wildman–Crippen LogP) is -0.214. The van der Waals surface area contributed by atoms with Crippen molar-refractivity contribution in [3.05, 3.63) is 28.7 Å². The molecule has 0 bridgehead atoms. The van der Waals surface area contributed by atoms with Crippen molar-refractivity contribution < 1.29 is 24.5 Å². The summed E-state index contributed by atoms with van der Waals surface area (Å²) in [5, 5.41) is 16.9. The lowest BCUT2D eigenvalue weighted by atomic mass is 10.4. The van der Waals surface area contributed by atoms with E-state index in [1.165, 1.54) is 18.3 Å². The molecule has 2 N–H and O–H groups in total. The van der Waals surface area contributed by atoms with Crippen molar-refractivity contribution in [2.75, 3.05) is 6.61 Å². The van der Waals surface area contributed by atoms with E-state index in [4.69, 9.17) is 14.9 Å². The Balaban J connectivity index is 2.76. The fraction of sp³-hybridized carbons (Fsp3) is 0.300. The van der Waals surface area contributed by atoms with E-state index in [2.05, 4.69) is 0 Å². The van der Waals surface area contributed by atoms with E-state index in [9.17, 15) is 14.4 Å². The SMILES string of the molecule is O=C(O)CCOc1cccn(CC(=O)O)c1=O. The number of nitrogens with zero attached hydrogens (tertiary/aromatic N) is 1. The van der Waals surface area contributed by atoms with Gasteiger partial charge in [0, 0.05) is 6.20 Å². The summed E-state index contributed by atoms with van der Waals surface area (Å²) >= 11 is 0. The van der Waals surface area contributed by atoms with Crippen LogP contribution in [0.2, 0.25) is 0 Å². The highest BCUT2D eigenvalue weighted by Gasteiger charge is 2.07. The number of hydrogen-bond acceptors (Lipinski definition) is 4. The molecular weight excluding hydrogens is 230 g/mol. The molecule has 0 atom stereocenters. The molecule has 1 aromatic heterocycles. The molecule has 0 radical (unpaired) electrons. The van der Waals surface area contributed by atoms with Crippen molar-refractivity contribution in [1.29, 1.82) is 0 Å². The largest absolute Gasteiger partial charge is 0.487 e. The molecule has 0 saturated carbocycles. The normalized spacial score (nSPS) is 9.88. The Morgan fingerprint density at radius 3 is 2.59 bits per heavy atom. The van der Waals surface area contributed by atoms with Crippen LogP contribution in [-0.2, 0) is 16.1 Å². The van der Waals surface area contributed by atoms with Gasteiger partial charge in [-0.1, -0.05) is 0 Å². The highest BCUT2D eigenvalue weighted by Crippen LogP contribution is 2.02. The van der Waals surface area contributed by atoms with Crippen LogP contribution in [0.3, 0.4) is 0 Å². The van der Waals surface area contributed by atoms with E-state index in [1.807, 2.05) is 0 Å². The quantitative estimate of drug-likeness (QED) is 0.713. The summed E-state index contributed by atoms with van der Waals surface area (Å²) in [6.07, 6.45) is 1.09. The molecule has 0 fully saturated rings. The average Bonchev–Trinajstić information content (AvgIpc) is 2.22. The summed E-state index contributed by atoms with van der Waals surface area (Å²) in [6, 6.07) is 2.82. The van der Waals surface area contributed by atoms with Crippen LogP contribution in [0.5, 0.6) is 5.75 Å². The Morgan fingerprint density at radius 1 is 1.29 bits per heavy atom. The monoisotopic (exact) mass is 241 g/mol. The maximum atomic E-state index is 11.6. The zero-order chi connectivity index (χ0) is 12.8. The first kappa shape index (κ1) is 12.8. The summed E-state index contributed by atoms with van der Waals surface area (Å²) < 4.78 is 5.93. The third-order valence-corrected chi connectivity index (χ3v) is 1.86. The minimum atomic E-state index is -1.14. The minimum Gasteiger partial charge on any atom is -0.487 e. The number of hydrogen-bond donors (Lipinski definition) is 2. The van der Waals surface area contributed by atoms with Gasteiger partial charge in [0.25, 0.3) is 5.56 Å². The van der Waals surface area contributed by atoms with Gasteiger partial charge in [-0.25, -0.2) is 0 Å². The molecule has 0 spiro atoms. The molecule has 0 unspecified atom stereocenters. The van der Waals surface area contributed by atoms with Gasteiger partial charge in [-0.15, -0.1) is 0 Å². The lowest BCUT2D eigenvalue weighted by Crippen LogP contribution is -2.25. The van der Waals surface area contributed by atoms with E-state index in [-0.39, 0.29) is 18.8 Å². The lowest BCUT2D eigenvalue weighted by Gasteiger charge is -2.06. The minimum absolute atomic E-state index is 0.0602. The second-order valence-corrected chi connectivity index (χ2v) is 3.19. The van der Waals surface area contributed by atoms with Gasteiger partial charge in [0.15, 0.2) is 5.75 Å². The molecule has 1 aromatic rings. The van der Waals surface area contributed by atoms with Crippen LogP contribution >= 0.6 is 0 Å². The van der Waals surface area contributed by atoms with E-state index in [1.54, 1.807) is 0 Å². The molecule has 0 aliphatic carbocycles. The van der Waals surface area contributed by atoms with Crippen molar-refractivity contribution in [2.24, 2.45) is 0 Å². The van der Waals surface area contributed by atoms with E-state index < -0.39 is 24.0 Å². The Bertz CT molecular complexity index is 478. The topological polar surface area (TPSA) is 106 Å². The number of ether oxygens (including phenoxy) is 1. The number of pyridine rings is 1. The van der Waals surface area contributed by atoms with Crippen LogP contribution in [0, 0.1) is 0 Å². The number of rotatable bonds is 6. The van der Waals surface area contributed by atoms with Crippen LogP contribution in [0.15, 0.2) is 23.1 Å². The van der Waals surface area contributed by atoms with E-state index >= 15 is 0 Å². The zero-order valence-electron chi connectivity index (χ0n) is 8.83. The second kappa shape index (κ2) is 5.69. The van der Waals surface area contributed by atoms with Crippen molar-refractivity contribution in [3.63, 3.8) is 0 Å². The Morgan fingerprint density at radius 2 is 2.00 bits per heavy atom. The van der Waals surface area contributed by atoms with Crippen LogP contribution in [0.1, 0.15) is 6.42 Å². The number of carboxylic acids is 2. The van der Waals surface area contributed by atoms with E-state index in [0.29, 0.717) is 0 Å². The summed E-state index contributed by atoms with van der Waals surface area (Å²) in [4.78, 5) is 32.3. The van der Waals surface area contributed by atoms with Gasteiger partial charge < -0.3 is 19.5 Å². The molecule has 1 heterocycles. The first-order valence-corrected chi connectivity index (χ1v) is 4.76. The number of carbonyl (C=O) groups is 2. The fourth-order valence-corrected chi connectivity index (χ4v) is 1.14. The lowest BCUT2D eigenvalue weighted by molar-refractivity contribution is -0.138. The van der Waals surface area contributed by atoms with Crippen molar-refractivity contribution in [2.45, 2.75) is 13.0 Å². The standard InChI is InChI=1S/C10H11NO6/c12-8(13)3-5-17-7-2-1-4-11(10(7)16)6-9(14)15/h1-2,4H,3,5-6H2,(H,12,13)(H,14,15). The first-order valence-electron chi connectivity index (χ1n) is 4.76. The number of aromatic nitrogens is 1. The third-order valence-electron chi connectivity index (χ3n) is 1.86. The highest BCUT2D eigenvalue weighted by molar-refractivity contribution is 5.67. The van der Waals surface area contributed by atoms with Gasteiger partial charge >= 0.3 is 11.9 Å². The molecule has 1 rings (SSSR count). The number of aliphatic carboxylic acids is 2. The van der Waals surface area contributed by atoms with Crippen molar-refractivity contribution >= 4 is 11.9 Å². The van der Waals surface area contributed by atoms with Gasteiger partial charge in [0.05, 0.1) is 13.0 Å². The van der Waals surface area contributed by atoms with Crippen molar-refractivity contribution in [1.82, 2.24) is 4.57 Å². The Hall–Kier alpha value is -2.31. The maximum absolute atomic E-state index is 11.6. The molecule has 7 nitrogen and oxygen atoms in total. The fourth-order valence-electron chi connectivity index (χ4n) is 1.14. The molecule has 0 aliphatic rings. The molecule has 0 saturated heterocycles. The molecule has 92 valence electrons. The van der Waals surface area contributed by atoms with Crippen molar-refractivity contribution in [3.8, 4) is 5.75 Å². The zero-order valence-corrected chi connectivity index (χ0v) is 8.83. The van der Waals surface area contributed by atoms with Gasteiger partial charge in [0.1, 0.15) is 6.54 Å². The second-order valence-electron chi connectivity index (χ2n) is 3.19.